The van der Waals surface area contributed by atoms with Gasteiger partial charge in [0.1, 0.15) is 0 Å². The molecule has 0 heterocycles. The molecule has 0 saturated carbocycles. The molecule has 0 amide bonds. The fraction of sp³-hybridized carbons (Fsp3) is 0.200. The van der Waals surface area contributed by atoms with Crippen LogP contribution in [0.5, 0.6) is 5.75 Å². The molecule has 0 unspecified atom stereocenters. The third-order valence-corrected chi connectivity index (χ3v) is 4.21. The highest BCUT2D eigenvalue weighted by Crippen LogP contribution is 2.23. The van der Waals surface area contributed by atoms with E-state index >= 15 is 0 Å². The van der Waals surface area contributed by atoms with Gasteiger partial charge in [-0.15, -0.1) is 0 Å². The number of aryl methyl sites for hydroxylation is 1. The van der Waals surface area contributed by atoms with Gasteiger partial charge in [-0.1, -0.05) is 17.7 Å². The normalized spacial score (nSPS) is 11.2. The standard InChI is InChI=1S/C15H16FNO3S/c1-3-20-15-9-6-12(10-14(15)16)17-21(18,19)13-7-4-11(2)5-8-13/h4-10,17H,3H2,1-2H3. The second-order valence-electron chi connectivity index (χ2n) is 4.50. The number of benzene rings is 2. The van der Waals surface area contributed by atoms with Crippen LogP contribution in [0.15, 0.2) is 47.4 Å². The highest BCUT2D eigenvalue weighted by atomic mass is 32.2. The van der Waals surface area contributed by atoms with Gasteiger partial charge in [-0.05, 0) is 38.1 Å². The smallest absolute Gasteiger partial charge is 0.261 e. The summed E-state index contributed by atoms with van der Waals surface area (Å²) in [6.07, 6.45) is 0. The molecule has 2 aromatic rings. The largest absolute Gasteiger partial charge is 0.491 e. The molecule has 0 saturated heterocycles. The Balaban J connectivity index is 2.24. The molecule has 0 radical (unpaired) electrons. The van der Waals surface area contributed by atoms with Gasteiger partial charge in [0.05, 0.1) is 17.2 Å². The summed E-state index contributed by atoms with van der Waals surface area (Å²) in [5.74, 6) is -0.517. The van der Waals surface area contributed by atoms with E-state index in [1.807, 2.05) is 6.92 Å². The summed E-state index contributed by atoms with van der Waals surface area (Å²) < 4.78 is 45.5. The van der Waals surface area contributed by atoms with Crippen molar-refractivity contribution in [3.05, 3.63) is 53.8 Å². The molecule has 4 nitrogen and oxygen atoms in total. The number of halogens is 1. The third-order valence-electron chi connectivity index (χ3n) is 2.82. The minimum Gasteiger partial charge on any atom is -0.491 e. The van der Waals surface area contributed by atoms with Gasteiger partial charge < -0.3 is 4.74 Å². The molecule has 2 aromatic carbocycles. The first-order valence-corrected chi connectivity index (χ1v) is 7.92. The number of hydrogen-bond donors (Lipinski definition) is 1. The average Bonchev–Trinajstić information content (AvgIpc) is 2.42. The van der Waals surface area contributed by atoms with Crippen LogP contribution >= 0.6 is 0 Å². The van der Waals surface area contributed by atoms with Crippen LogP contribution in [0.25, 0.3) is 0 Å². The predicted octanol–water partition coefficient (Wildman–Crippen LogP) is 3.33. The van der Waals surface area contributed by atoms with Crippen molar-refractivity contribution in [1.29, 1.82) is 0 Å². The van der Waals surface area contributed by atoms with Crippen LogP contribution < -0.4 is 9.46 Å². The van der Waals surface area contributed by atoms with Crippen LogP contribution in [0.1, 0.15) is 12.5 Å². The molecule has 0 aliphatic carbocycles. The minimum atomic E-state index is -3.73. The topological polar surface area (TPSA) is 55.4 Å². The molecule has 112 valence electrons. The third kappa shape index (κ3) is 3.72. The van der Waals surface area contributed by atoms with Gasteiger partial charge >= 0.3 is 0 Å². The second-order valence-corrected chi connectivity index (χ2v) is 6.18. The Morgan fingerprint density at radius 1 is 1.14 bits per heavy atom. The second kappa shape index (κ2) is 6.13. The Bertz CT molecular complexity index is 727. The van der Waals surface area contributed by atoms with Crippen molar-refractivity contribution in [3.8, 4) is 5.75 Å². The molecule has 0 aromatic heterocycles. The van der Waals surface area contributed by atoms with Crippen molar-refractivity contribution in [2.24, 2.45) is 0 Å². The van der Waals surface area contributed by atoms with E-state index in [4.69, 9.17) is 4.74 Å². The fourth-order valence-electron chi connectivity index (χ4n) is 1.77. The summed E-state index contributed by atoms with van der Waals surface area (Å²) in [7, 11) is -3.73. The van der Waals surface area contributed by atoms with Gasteiger partial charge in [0.15, 0.2) is 11.6 Å². The Labute approximate surface area is 123 Å². The van der Waals surface area contributed by atoms with E-state index in [0.717, 1.165) is 11.6 Å². The first-order valence-electron chi connectivity index (χ1n) is 6.44. The van der Waals surface area contributed by atoms with Crippen molar-refractivity contribution in [2.45, 2.75) is 18.7 Å². The van der Waals surface area contributed by atoms with E-state index in [-0.39, 0.29) is 16.3 Å². The van der Waals surface area contributed by atoms with Crippen molar-refractivity contribution >= 4 is 15.7 Å². The van der Waals surface area contributed by atoms with E-state index in [1.54, 1.807) is 19.1 Å². The van der Waals surface area contributed by atoms with Crippen molar-refractivity contribution < 1.29 is 17.5 Å². The van der Waals surface area contributed by atoms with Gasteiger partial charge in [-0.3, -0.25) is 4.72 Å². The Morgan fingerprint density at radius 3 is 2.38 bits per heavy atom. The van der Waals surface area contributed by atoms with Crippen LogP contribution in [0.4, 0.5) is 10.1 Å². The summed E-state index contributed by atoms with van der Waals surface area (Å²) in [4.78, 5) is 0.127. The molecule has 1 N–H and O–H groups in total. The number of rotatable bonds is 5. The number of anilines is 1. The average molecular weight is 309 g/mol. The van der Waals surface area contributed by atoms with Gasteiger partial charge in [0, 0.05) is 6.07 Å². The van der Waals surface area contributed by atoms with Gasteiger partial charge in [0.2, 0.25) is 0 Å². The molecule has 0 atom stereocenters. The molecule has 0 spiro atoms. The van der Waals surface area contributed by atoms with Crippen LogP contribution in [0.2, 0.25) is 0 Å². The van der Waals surface area contributed by atoms with E-state index in [1.165, 1.54) is 24.3 Å². The lowest BCUT2D eigenvalue weighted by molar-refractivity contribution is 0.321. The number of sulfonamides is 1. The minimum absolute atomic E-state index is 0.0933. The maximum atomic E-state index is 13.7. The summed E-state index contributed by atoms with van der Waals surface area (Å²) >= 11 is 0. The Morgan fingerprint density at radius 2 is 1.81 bits per heavy atom. The molecule has 0 aliphatic rings. The lowest BCUT2D eigenvalue weighted by atomic mass is 10.2. The van der Waals surface area contributed by atoms with Gasteiger partial charge in [0.25, 0.3) is 10.0 Å². The molecule has 6 heteroatoms. The summed E-state index contributed by atoms with van der Waals surface area (Å²) in [5, 5.41) is 0. The van der Waals surface area contributed by atoms with Crippen LogP contribution in [0, 0.1) is 12.7 Å². The number of nitrogens with one attached hydrogen (secondary N) is 1. The van der Waals surface area contributed by atoms with Gasteiger partial charge in [-0.2, -0.15) is 0 Å². The SMILES string of the molecule is CCOc1ccc(NS(=O)(=O)c2ccc(C)cc2)cc1F. The highest BCUT2D eigenvalue weighted by Gasteiger charge is 2.15. The Kier molecular flexibility index (Phi) is 4.47. The summed E-state index contributed by atoms with van der Waals surface area (Å²) in [6, 6.07) is 10.4. The van der Waals surface area contributed by atoms with E-state index in [0.29, 0.717) is 6.61 Å². The molecule has 0 fully saturated rings. The first-order chi connectivity index (χ1) is 9.92. The zero-order chi connectivity index (χ0) is 15.5. The van der Waals surface area contributed by atoms with E-state index in [2.05, 4.69) is 4.72 Å². The number of ether oxygens (including phenoxy) is 1. The van der Waals surface area contributed by atoms with Crippen molar-refractivity contribution in [1.82, 2.24) is 0 Å². The van der Waals surface area contributed by atoms with Crippen LogP contribution in [-0.2, 0) is 10.0 Å². The maximum Gasteiger partial charge on any atom is 0.261 e. The fourth-order valence-corrected chi connectivity index (χ4v) is 2.82. The van der Waals surface area contributed by atoms with Crippen molar-refractivity contribution in [3.63, 3.8) is 0 Å². The van der Waals surface area contributed by atoms with Crippen LogP contribution in [0.3, 0.4) is 0 Å². The zero-order valence-electron chi connectivity index (χ0n) is 11.8. The first kappa shape index (κ1) is 15.3. The Hall–Kier alpha value is -2.08. The molecule has 2 rings (SSSR count). The monoisotopic (exact) mass is 309 g/mol. The molecular formula is C15H16FNO3S. The molecule has 0 aliphatic heterocycles. The van der Waals surface area contributed by atoms with Crippen LogP contribution in [-0.4, -0.2) is 15.0 Å². The maximum absolute atomic E-state index is 13.7. The van der Waals surface area contributed by atoms with E-state index in [9.17, 15) is 12.8 Å². The lowest BCUT2D eigenvalue weighted by Gasteiger charge is -2.10. The lowest BCUT2D eigenvalue weighted by Crippen LogP contribution is -2.13. The highest BCUT2D eigenvalue weighted by molar-refractivity contribution is 7.92. The number of hydrogen-bond acceptors (Lipinski definition) is 3. The van der Waals surface area contributed by atoms with Crippen molar-refractivity contribution in [2.75, 3.05) is 11.3 Å². The molecule has 21 heavy (non-hydrogen) atoms. The molecule has 0 bridgehead atoms. The van der Waals surface area contributed by atoms with E-state index < -0.39 is 15.8 Å². The zero-order valence-corrected chi connectivity index (χ0v) is 12.6. The summed E-state index contributed by atoms with van der Waals surface area (Å²) in [5.41, 5.74) is 1.11. The summed E-state index contributed by atoms with van der Waals surface area (Å²) in [6.45, 7) is 3.95. The predicted molar refractivity (Wildman–Crippen MR) is 79.6 cm³/mol. The quantitative estimate of drug-likeness (QED) is 0.921. The van der Waals surface area contributed by atoms with Gasteiger partial charge in [-0.25, -0.2) is 12.8 Å². The molecular weight excluding hydrogens is 293 g/mol.